The molecule has 0 aliphatic heterocycles. The first-order valence-corrected chi connectivity index (χ1v) is 11.2. The van der Waals surface area contributed by atoms with E-state index in [0.717, 1.165) is 33.5 Å². The first-order chi connectivity index (χ1) is 15.0. The zero-order valence-electron chi connectivity index (χ0n) is 17.8. The molecule has 0 atom stereocenters. The lowest BCUT2D eigenvalue weighted by Crippen LogP contribution is -2.21. The third-order valence-corrected chi connectivity index (χ3v) is 6.10. The van der Waals surface area contributed by atoms with Crippen LogP contribution in [-0.2, 0) is 11.3 Å². The standard InChI is InChI=1S/C25H24N2O3S/c1-4-11-30-25(29)19-8-6-18(7-9-19)13-27-15-26-23-22(24(27)28)21(14-31-23)20-10-5-16(2)12-17(20)3/h5-10,12,14-15H,4,11,13H2,1-3H3. The van der Waals surface area contributed by atoms with Crippen molar-refractivity contribution < 1.29 is 9.53 Å². The number of aromatic nitrogens is 2. The number of hydrogen-bond donors (Lipinski definition) is 0. The Morgan fingerprint density at radius 2 is 1.87 bits per heavy atom. The second kappa shape index (κ2) is 8.86. The van der Waals surface area contributed by atoms with Gasteiger partial charge in [0.2, 0.25) is 0 Å². The number of nitrogens with zero attached hydrogens (tertiary/aromatic N) is 2. The van der Waals surface area contributed by atoms with Crippen molar-refractivity contribution in [2.24, 2.45) is 0 Å². The maximum atomic E-state index is 13.3. The first kappa shape index (κ1) is 21.0. The maximum absolute atomic E-state index is 13.3. The molecule has 0 saturated heterocycles. The molecule has 158 valence electrons. The lowest BCUT2D eigenvalue weighted by molar-refractivity contribution is 0.0505. The largest absolute Gasteiger partial charge is 0.462 e. The van der Waals surface area contributed by atoms with Gasteiger partial charge in [0.15, 0.2) is 0 Å². The minimum absolute atomic E-state index is 0.0624. The molecule has 5 nitrogen and oxygen atoms in total. The molecule has 0 spiro atoms. The Morgan fingerprint density at radius 1 is 1.10 bits per heavy atom. The van der Waals surface area contributed by atoms with Crippen LogP contribution >= 0.6 is 11.3 Å². The molecule has 0 radical (unpaired) electrons. The predicted molar refractivity (Wildman–Crippen MR) is 125 cm³/mol. The van der Waals surface area contributed by atoms with Crippen LogP contribution in [0.2, 0.25) is 0 Å². The maximum Gasteiger partial charge on any atom is 0.338 e. The molecule has 0 fully saturated rings. The fourth-order valence-corrected chi connectivity index (χ4v) is 4.51. The van der Waals surface area contributed by atoms with Crippen molar-refractivity contribution in [3.05, 3.63) is 86.8 Å². The third-order valence-electron chi connectivity index (χ3n) is 5.21. The summed E-state index contributed by atoms with van der Waals surface area (Å²) >= 11 is 1.49. The van der Waals surface area contributed by atoms with Gasteiger partial charge in [-0.3, -0.25) is 9.36 Å². The average Bonchev–Trinajstić information content (AvgIpc) is 3.19. The van der Waals surface area contributed by atoms with Crippen molar-refractivity contribution in [2.45, 2.75) is 33.7 Å². The van der Waals surface area contributed by atoms with Gasteiger partial charge < -0.3 is 4.74 Å². The molecule has 0 unspecified atom stereocenters. The Kier molecular flexibility index (Phi) is 6.00. The van der Waals surface area contributed by atoms with Gasteiger partial charge in [0.25, 0.3) is 5.56 Å². The zero-order chi connectivity index (χ0) is 22.0. The Labute approximate surface area is 185 Å². The van der Waals surface area contributed by atoms with Gasteiger partial charge in [-0.05, 0) is 49.1 Å². The summed E-state index contributed by atoms with van der Waals surface area (Å²) in [5.74, 6) is -0.329. The molecule has 0 amide bonds. The van der Waals surface area contributed by atoms with Gasteiger partial charge in [-0.2, -0.15) is 0 Å². The molecule has 0 N–H and O–H groups in total. The fraction of sp³-hybridized carbons (Fsp3) is 0.240. The first-order valence-electron chi connectivity index (χ1n) is 10.3. The van der Waals surface area contributed by atoms with E-state index in [0.29, 0.717) is 24.1 Å². The monoisotopic (exact) mass is 432 g/mol. The van der Waals surface area contributed by atoms with E-state index < -0.39 is 0 Å². The van der Waals surface area contributed by atoms with Crippen molar-refractivity contribution in [2.75, 3.05) is 6.61 Å². The number of carbonyl (C=O) groups is 1. The topological polar surface area (TPSA) is 61.2 Å². The van der Waals surface area contributed by atoms with Crippen LogP contribution in [0, 0.1) is 13.8 Å². The quantitative estimate of drug-likeness (QED) is 0.385. The van der Waals surface area contributed by atoms with Gasteiger partial charge >= 0.3 is 5.97 Å². The van der Waals surface area contributed by atoms with Gasteiger partial charge in [0.1, 0.15) is 4.83 Å². The van der Waals surface area contributed by atoms with E-state index in [-0.39, 0.29) is 11.5 Å². The van der Waals surface area contributed by atoms with E-state index in [4.69, 9.17) is 4.74 Å². The number of rotatable bonds is 6. The minimum atomic E-state index is -0.329. The summed E-state index contributed by atoms with van der Waals surface area (Å²) in [4.78, 5) is 30.6. The van der Waals surface area contributed by atoms with Gasteiger partial charge in [-0.15, -0.1) is 11.3 Å². The van der Waals surface area contributed by atoms with Gasteiger partial charge in [0.05, 0.1) is 30.4 Å². The van der Waals surface area contributed by atoms with Gasteiger partial charge in [-0.25, -0.2) is 9.78 Å². The minimum Gasteiger partial charge on any atom is -0.462 e. The Bertz CT molecular complexity index is 1300. The van der Waals surface area contributed by atoms with Crippen molar-refractivity contribution in [1.29, 1.82) is 0 Å². The summed E-state index contributed by atoms with van der Waals surface area (Å²) < 4.78 is 6.78. The molecule has 4 rings (SSSR count). The fourth-order valence-electron chi connectivity index (χ4n) is 3.62. The highest BCUT2D eigenvalue weighted by molar-refractivity contribution is 7.17. The van der Waals surface area contributed by atoms with Crippen LogP contribution in [0.5, 0.6) is 0 Å². The Hall–Kier alpha value is -3.25. The molecule has 31 heavy (non-hydrogen) atoms. The number of hydrogen-bond acceptors (Lipinski definition) is 5. The number of carbonyl (C=O) groups excluding carboxylic acids is 1. The highest BCUT2D eigenvalue weighted by Crippen LogP contribution is 2.33. The van der Waals surface area contributed by atoms with Crippen molar-refractivity contribution in [3.63, 3.8) is 0 Å². The molecule has 4 aromatic rings. The lowest BCUT2D eigenvalue weighted by atomic mass is 9.99. The van der Waals surface area contributed by atoms with Crippen molar-refractivity contribution >= 4 is 27.5 Å². The molecule has 2 heterocycles. The van der Waals surface area contributed by atoms with Crippen LogP contribution in [0.25, 0.3) is 21.3 Å². The van der Waals surface area contributed by atoms with E-state index in [1.165, 1.54) is 16.9 Å². The summed E-state index contributed by atoms with van der Waals surface area (Å²) in [5, 5.41) is 2.66. The normalized spacial score (nSPS) is 11.1. The third kappa shape index (κ3) is 4.30. The average molecular weight is 433 g/mol. The number of benzene rings is 2. The lowest BCUT2D eigenvalue weighted by Gasteiger charge is -2.09. The van der Waals surface area contributed by atoms with E-state index in [9.17, 15) is 9.59 Å². The SMILES string of the molecule is CCCOC(=O)c1ccc(Cn2cnc3scc(-c4ccc(C)cc4C)c3c2=O)cc1. The van der Waals surface area contributed by atoms with Crippen LogP contribution in [0.3, 0.4) is 0 Å². The number of ether oxygens (including phenoxy) is 1. The molecule has 2 aromatic carbocycles. The van der Waals surface area contributed by atoms with E-state index >= 15 is 0 Å². The molecule has 6 heteroatoms. The second-order valence-corrected chi connectivity index (χ2v) is 8.52. The summed E-state index contributed by atoms with van der Waals surface area (Å²) in [6, 6.07) is 13.4. The van der Waals surface area contributed by atoms with Crippen LogP contribution in [0.1, 0.15) is 40.4 Å². The summed E-state index contributed by atoms with van der Waals surface area (Å²) in [5.41, 5.74) is 5.68. The van der Waals surface area contributed by atoms with Crippen LogP contribution < -0.4 is 5.56 Å². The van der Waals surface area contributed by atoms with E-state index in [1.54, 1.807) is 23.0 Å². The predicted octanol–water partition coefficient (Wildman–Crippen LogP) is 5.36. The number of aryl methyl sites for hydroxylation is 2. The van der Waals surface area contributed by atoms with Crippen LogP contribution in [0.15, 0.2) is 59.0 Å². The number of thiophene rings is 1. The van der Waals surface area contributed by atoms with Gasteiger partial charge in [-0.1, -0.05) is 42.8 Å². The van der Waals surface area contributed by atoms with Crippen molar-refractivity contribution in [3.8, 4) is 11.1 Å². The molecule has 2 aromatic heterocycles. The molecule has 0 aliphatic rings. The van der Waals surface area contributed by atoms with Crippen LogP contribution in [0.4, 0.5) is 0 Å². The molecule has 0 saturated carbocycles. The number of fused-ring (bicyclic) bond motifs is 1. The second-order valence-electron chi connectivity index (χ2n) is 7.66. The van der Waals surface area contributed by atoms with E-state index in [2.05, 4.69) is 37.0 Å². The Balaban J connectivity index is 1.66. The summed E-state index contributed by atoms with van der Waals surface area (Å²) in [7, 11) is 0. The van der Waals surface area contributed by atoms with E-state index in [1.807, 2.05) is 24.4 Å². The number of esters is 1. The summed E-state index contributed by atoms with van der Waals surface area (Å²) in [6.45, 7) is 6.87. The zero-order valence-corrected chi connectivity index (χ0v) is 18.7. The van der Waals surface area contributed by atoms with Crippen LogP contribution in [-0.4, -0.2) is 22.1 Å². The Morgan fingerprint density at radius 3 is 2.58 bits per heavy atom. The smallest absolute Gasteiger partial charge is 0.338 e. The highest BCUT2D eigenvalue weighted by Gasteiger charge is 2.15. The highest BCUT2D eigenvalue weighted by atomic mass is 32.1. The van der Waals surface area contributed by atoms with Crippen molar-refractivity contribution in [1.82, 2.24) is 9.55 Å². The molecule has 0 aliphatic carbocycles. The summed E-state index contributed by atoms with van der Waals surface area (Å²) in [6.07, 6.45) is 2.38. The molecule has 0 bridgehead atoms. The molecular weight excluding hydrogens is 408 g/mol. The molecular formula is C25H24N2O3S. The van der Waals surface area contributed by atoms with Gasteiger partial charge in [0, 0.05) is 10.9 Å².